The van der Waals surface area contributed by atoms with Crippen molar-refractivity contribution in [3.8, 4) is 12.3 Å². The molecule has 0 radical (unpaired) electrons. The summed E-state index contributed by atoms with van der Waals surface area (Å²) in [5.41, 5.74) is 0.0145. The summed E-state index contributed by atoms with van der Waals surface area (Å²) < 4.78 is 0. The maximum absolute atomic E-state index is 11.0. The van der Waals surface area contributed by atoms with Crippen LogP contribution in [0.25, 0.3) is 0 Å². The molecule has 0 aliphatic heterocycles. The fourth-order valence-corrected chi connectivity index (χ4v) is 6.88. The van der Waals surface area contributed by atoms with E-state index in [1.807, 2.05) is 6.08 Å². The van der Waals surface area contributed by atoms with Crippen molar-refractivity contribution in [1.29, 1.82) is 0 Å². The first-order valence-corrected chi connectivity index (χ1v) is 9.53. The quantitative estimate of drug-likeness (QED) is 0.473. The Hall–Kier alpha value is -0.820. The summed E-state index contributed by atoms with van der Waals surface area (Å²) in [6, 6.07) is 0. The van der Waals surface area contributed by atoms with Gasteiger partial charge in [0.15, 0.2) is 0 Å². The highest BCUT2D eigenvalue weighted by atomic mass is 16.3. The summed E-state index contributed by atoms with van der Waals surface area (Å²) in [5.74, 6) is 3.56. The zero-order valence-corrected chi connectivity index (χ0v) is 14.8. The molecule has 3 nitrogen and oxygen atoms in total. The summed E-state index contributed by atoms with van der Waals surface area (Å²) in [5, 5.41) is 32.0. The highest BCUT2D eigenvalue weighted by Crippen LogP contribution is 2.66. The van der Waals surface area contributed by atoms with Crippen LogP contribution >= 0.6 is 0 Å². The van der Waals surface area contributed by atoms with Crippen LogP contribution < -0.4 is 0 Å². The zero-order chi connectivity index (χ0) is 17.3. The average molecular weight is 330 g/mol. The Morgan fingerprint density at radius 3 is 2.50 bits per heavy atom. The van der Waals surface area contributed by atoms with Crippen molar-refractivity contribution in [1.82, 2.24) is 0 Å². The van der Waals surface area contributed by atoms with Gasteiger partial charge in [-0.3, -0.25) is 0 Å². The standard InChI is InChI=1S/C21H30O3/c1-4-21(24)10-7-16-18-15(6-9-20(16,21)3)19(2)8-5-14(22)11-13(19)12-17(18)23/h1,12,14-18,22-24H,5-11H2,2-3H3/t14-,15-,16-,17?,18+,19-,20-,21+/m0/s1. The van der Waals surface area contributed by atoms with Gasteiger partial charge in [-0.1, -0.05) is 31.4 Å². The molecular weight excluding hydrogens is 300 g/mol. The average Bonchev–Trinajstić information content (AvgIpc) is 2.82. The molecule has 0 amide bonds. The van der Waals surface area contributed by atoms with Crippen LogP contribution in [0.4, 0.5) is 0 Å². The minimum Gasteiger partial charge on any atom is -0.393 e. The van der Waals surface area contributed by atoms with E-state index in [0.29, 0.717) is 18.8 Å². The first-order valence-electron chi connectivity index (χ1n) is 9.53. The van der Waals surface area contributed by atoms with E-state index in [9.17, 15) is 15.3 Å². The van der Waals surface area contributed by atoms with Crippen LogP contribution in [0, 0.1) is 40.9 Å². The summed E-state index contributed by atoms with van der Waals surface area (Å²) >= 11 is 0. The van der Waals surface area contributed by atoms with E-state index in [-0.39, 0.29) is 28.8 Å². The molecule has 4 rings (SSSR count). The van der Waals surface area contributed by atoms with Crippen molar-refractivity contribution in [3.63, 3.8) is 0 Å². The van der Waals surface area contributed by atoms with Crippen molar-refractivity contribution < 1.29 is 15.3 Å². The molecule has 1 unspecified atom stereocenters. The van der Waals surface area contributed by atoms with E-state index in [1.165, 1.54) is 5.57 Å². The van der Waals surface area contributed by atoms with Crippen LogP contribution in [0.5, 0.6) is 0 Å². The maximum Gasteiger partial charge on any atom is 0.130 e. The maximum atomic E-state index is 11.0. The SMILES string of the molecule is C#C[C@@]1(O)CC[C@H]2[C@@H]3C(O)C=C4C[C@@H](O)CC[C@]4(C)[C@H]3CC[C@@]21C. The summed E-state index contributed by atoms with van der Waals surface area (Å²) in [4.78, 5) is 0. The molecule has 132 valence electrons. The highest BCUT2D eigenvalue weighted by molar-refractivity contribution is 5.30. The minimum atomic E-state index is -1.03. The number of hydrogen-bond acceptors (Lipinski definition) is 3. The Morgan fingerprint density at radius 2 is 1.79 bits per heavy atom. The van der Waals surface area contributed by atoms with Crippen molar-refractivity contribution in [3.05, 3.63) is 11.6 Å². The summed E-state index contributed by atoms with van der Waals surface area (Å²) in [7, 11) is 0. The topological polar surface area (TPSA) is 60.7 Å². The van der Waals surface area contributed by atoms with Gasteiger partial charge in [0.2, 0.25) is 0 Å². The number of hydrogen-bond donors (Lipinski definition) is 3. The van der Waals surface area contributed by atoms with Crippen LogP contribution in [0.15, 0.2) is 11.6 Å². The lowest BCUT2D eigenvalue weighted by Gasteiger charge is -2.59. The van der Waals surface area contributed by atoms with Crippen molar-refractivity contribution in [2.45, 2.75) is 76.6 Å². The van der Waals surface area contributed by atoms with E-state index in [2.05, 4.69) is 19.8 Å². The summed E-state index contributed by atoms with van der Waals surface area (Å²) in [6.07, 6.45) is 13.0. The van der Waals surface area contributed by atoms with Gasteiger partial charge < -0.3 is 15.3 Å². The molecule has 8 atom stereocenters. The van der Waals surface area contributed by atoms with Crippen LogP contribution in [-0.2, 0) is 0 Å². The largest absolute Gasteiger partial charge is 0.393 e. The zero-order valence-electron chi connectivity index (χ0n) is 14.8. The predicted molar refractivity (Wildman–Crippen MR) is 92.9 cm³/mol. The van der Waals surface area contributed by atoms with Gasteiger partial charge in [-0.2, -0.15) is 0 Å². The van der Waals surface area contributed by atoms with E-state index >= 15 is 0 Å². The van der Waals surface area contributed by atoms with Gasteiger partial charge in [-0.05, 0) is 68.1 Å². The van der Waals surface area contributed by atoms with Gasteiger partial charge in [0.25, 0.3) is 0 Å². The molecule has 0 heterocycles. The van der Waals surface area contributed by atoms with Crippen molar-refractivity contribution >= 4 is 0 Å². The van der Waals surface area contributed by atoms with Crippen molar-refractivity contribution in [2.75, 3.05) is 0 Å². The van der Waals surface area contributed by atoms with Crippen LogP contribution in [0.2, 0.25) is 0 Å². The molecule has 0 aromatic heterocycles. The highest BCUT2D eigenvalue weighted by Gasteiger charge is 2.64. The smallest absolute Gasteiger partial charge is 0.130 e. The molecule has 0 bridgehead atoms. The predicted octanol–water partition coefficient (Wildman–Crippen LogP) is 2.65. The Balaban J connectivity index is 1.75. The molecule has 4 aliphatic carbocycles. The van der Waals surface area contributed by atoms with Gasteiger partial charge in [-0.25, -0.2) is 0 Å². The summed E-state index contributed by atoms with van der Waals surface area (Å²) in [6.45, 7) is 4.47. The lowest BCUT2D eigenvalue weighted by Crippen LogP contribution is -2.57. The molecule has 3 heteroatoms. The molecule has 24 heavy (non-hydrogen) atoms. The lowest BCUT2D eigenvalue weighted by molar-refractivity contribution is -0.123. The van der Waals surface area contributed by atoms with E-state index in [1.54, 1.807) is 0 Å². The van der Waals surface area contributed by atoms with Gasteiger partial charge in [0.05, 0.1) is 12.2 Å². The molecular formula is C21H30O3. The first-order chi connectivity index (χ1) is 11.2. The van der Waals surface area contributed by atoms with E-state index in [4.69, 9.17) is 6.42 Å². The Bertz CT molecular complexity index is 619. The second kappa shape index (κ2) is 5.10. The minimum absolute atomic E-state index is 0.0846. The van der Waals surface area contributed by atoms with Gasteiger partial charge in [-0.15, -0.1) is 6.42 Å². The van der Waals surface area contributed by atoms with Gasteiger partial charge >= 0.3 is 0 Å². The monoisotopic (exact) mass is 330 g/mol. The fourth-order valence-electron chi connectivity index (χ4n) is 6.88. The third kappa shape index (κ3) is 1.91. The molecule has 3 fully saturated rings. The third-order valence-corrected chi connectivity index (χ3v) is 8.49. The number of terminal acetylenes is 1. The molecule has 0 aromatic carbocycles. The van der Waals surface area contributed by atoms with E-state index < -0.39 is 11.7 Å². The Labute approximate surface area is 145 Å². The number of aliphatic hydroxyl groups excluding tert-OH is 2. The molecule has 3 saturated carbocycles. The van der Waals surface area contributed by atoms with Crippen LogP contribution in [-0.4, -0.2) is 33.1 Å². The third-order valence-electron chi connectivity index (χ3n) is 8.49. The van der Waals surface area contributed by atoms with Crippen molar-refractivity contribution in [2.24, 2.45) is 28.6 Å². The van der Waals surface area contributed by atoms with Gasteiger partial charge in [0.1, 0.15) is 5.60 Å². The molecule has 3 N–H and O–H groups in total. The Kier molecular flexibility index (Phi) is 3.53. The molecule has 4 aliphatic rings. The lowest BCUT2D eigenvalue weighted by atomic mass is 9.46. The van der Waals surface area contributed by atoms with Crippen LogP contribution in [0.3, 0.4) is 0 Å². The number of rotatable bonds is 0. The molecule has 0 saturated heterocycles. The molecule has 0 spiro atoms. The molecule has 0 aromatic rings. The first kappa shape index (κ1) is 16.6. The Morgan fingerprint density at radius 1 is 1.08 bits per heavy atom. The fraction of sp³-hybridized carbons (Fsp3) is 0.810. The number of aliphatic hydroxyl groups is 3. The second-order valence-electron chi connectivity index (χ2n) is 9.29. The van der Waals surface area contributed by atoms with Crippen LogP contribution in [0.1, 0.15) is 58.8 Å². The number of fused-ring (bicyclic) bond motifs is 5. The van der Waals surface area contributed by atoms with E-state index in [0.717, 1.165) is 32.1 Å². The van der Waals surface area contributed by atoms with Gasteiger partial charge in [0, 0.05) is 5.41 Å². The normalized spacial score (nSPS) is 56.5. The second-order valence-corrected chi connectivity index (χ2v) is 9.29.